The fourth-order valence-corrected chi connectivity index (χ4v) is 3.66. The Bertz CT molecular complexity index is 1270. The lowest BCUT2D eigenvalue weighted by Crippen LogP contribution is -2.04. The summed E-state index contributed by atoms with van der Waals surface area (Å²) in [7, 11) is 4.50. The van der Waals surface area contributed by atoms with E-state index in [4.69, 9.17) is 19.9 Å². The zero-order valence-corrected chi connectivity index (χ0v) is 18.5. The third-order valence-electron chi connectivity index (χ3n) is 5.34. The zero-order chi connectivity index (χ0) is 23.5. The number of hydrogen-bond donors (Lipinski definition) is 1. The van der Waals surface area contributed by atoms with Crippen molar-refractivity contribution in [2.45, 2.75) is 0 Å². The van der Waals surface area contributed by atoms with Crippen molar-refractivity contribution < 1.29 is 23.4 Å². The van der Waals surface area contributed by atoms with Crippen LogP contribution >= 0.6 is 0 Å². The maximum Gasteiger partial charge on any atom is 0.203 e. The second-order valence-corrected chi connectivity index (χ2v) is 7.33. The number of aromatic nitrogens is 1. The number of rotatable bonds is 7. The molecule has 0 unspecified atom stereocenters. The number of nitrogens with zero attached hydrogens (tertiary/aromatic N) is 1. The fourth-order valence-electron chi connectivity index (χ4n) is 3.66. The average molecular weight is 446 g/mol. The van der Waals surface area contributed by atoms with E-state index in [1.165, 1.54) is 33.5 Å². The van der Waals surface area contributed by atoms with Crippen LogP contribution in [-0.2, 0) is 0 Å². The summed E-state index contributed by atoms with van der Waals surface area (Å²) in [6.45, 7) is 0. The number of nitrogens with two attached hydrogens (primary N) is 1. The molecule has 0 amide bonds. The summed E-state index contributed by atoms with van der Waals surface area (Å²) in [5.74, 6) is 0.596. The van der Waals surface area contributed by atoms with Gasteiger partial charge in [0, 0.05) is 40.5 Å². The van der Waals surface area contributed by atoms with Crippen molar-refractivity contribution in [1.82, 2.24) is 4.57 Å². The largest absolute Gasteiger partial charge is 0.493 e. The van der Waals surface area contributed by atoms with Crippen LogP contribution in [0.25, 0.3) is 16.8 Å². The molecule has 0 aliphatic rings. The Morgan fingerprint density at radius 2 is 1.45 bits per heavy atom. The van der Waals surface area contributed by atoms with Crippen molar-refractivity contribution >= 4 is 11.5 Å². The number of ether oxygens (including phenoxy) is 3. The Balaban J connectivity index is 1.87. The minimum atomic E-state index is -0.335. The Kier molecular flexibility index (Phi) is 6.04. The highest BCUT2D eigenvalue weighted by atomic mass is 19.1. The number of benzene rings is 3. The fraction of sp³-hybridized carbons (Fsp3) is 0.115. The monoisotopic (exact) mass is 446 g/mol. The maximum absolute atomic E-state index is 13.7. The highest BCUT2D eigenvalue weighted by Crippen LogP contribution is 2.39. The lowest BCUT2D eigenvalue weighted by Gasteiger charge is -2.14. The highest BCUT2D eigenvalue weighted by molar-refractivity contribution is 6.13. The van der Waals surface area contributed by atoms with E-state index in [0.29, 0.717) is 39.6 Å². The van der Waals surface area contributed by atoms with E-state index in [0.717, 1.165) is 11.3 Å². The van der Waals surface area contributed by atoms with Crippen LogP contribution in [0.2, 0.25) is 0 Å². The number of carbonyl (C=O) groups is 1. The molecule has 4 rings (SSSR count). The number of nitrogen functional groups attached to an aromatic ring is 1. The van der Waals surface area contributed by atoms with Crippen LogP contribution in [0.4, 0.5) is 10.1 Å². The molecule has 0 fully saturated rings. The quantitative estimate of drug-likeness (QED) is 0.315. The predicted octanol–water partition coefficient (Wildman–Crippen LogP) is 5.12. The van der Waals surface area contributed by atoms with Gasteiger partial charge in [0.2, 0.25) is 5.75 Å². The zero-order valence-electron chi connectivity index (χ0n) is 18.5. The highest BCUT2D eigenvalue weighted by Gasteiger charge is 2.22. The molecule has 1 heterocycles. The SMILES string of the molecule is COc1cc(C(=O)c2cn(-c3ccc(F)cc3)cc2-c2ccc(N)cc2)cc(OC)c1OC. The molecule has 0 aliphatic carbocycles. The van der Waals surface area contributed by atoms with E-state index in [-0.39, 0.29) is 11.6 Å². The minimum absolute atomic E-state index is 0.234. The molecule has 0 radical (unpaired) electrons. The van der Waals surface area contributed by atoms with Crippen LogP contribution in [0.3, 0.4) is 0 Å². The van der Waals surface area contributed by atoms with Crippen molar-refractivity contribution in [3.63, 3.8) is 0 Å². The molecule has 0 saturated heterocycles. The molecule has 1 aromatic heterocycles. The molecule has 6 nitrogen and oxygen atoms in total. The van der Waals surface area contributed by atoms with Crippen molar-refractivity contribution in [2.75, 3.05) is 27.1 Å². The molecule has 0 spiro atoms. The van der Waals surface area contributed by atoms with Gasteiger partial charge in [-0.15, -0.1) is 0 Å². The van der Waals surface area contributed by atoms with Gasteiger partial charge in [0.1, 0.15) is 5.82 Å². The van der Waals surface area contributed by atoms with Gasteiger partial charge in [-0.05, 0) is 54.1 Å². The second kappa shape index (κ2) is 9.08. The van der Waals surface area contributed by atoms with Gasteiger partial charge in [0.25, 0.3) is 0 Å². The van der Waals surface area contributed by atoms with E-state index in [1.807, 2.05) is 18.3 Å². The molecular weight excluding hydrogens is 423 g/mol. The van der Waals surface area contributed by atoms with Crippen LogP contribution in [0.1, 0.15) is 15.9 Å². The van der Waals surface area contributed by atoms with Gasteiger partial charge in [0.15, 0.2) is 17.3 Å². The number of halogens is 1. The number of hydrogen-bond acceptors (Lipinski definition) is 5. The first kappa shape index (κ1) is 22.0. The summed E-state index contributed by atoms with van der Waals surface area (Å²) in [5, 5.41) is 0. The molecule has 0 bridgehead atoms. The first-order valence-electron chi connectivity index (χ1n) is 10.1. The van der Waals surface area contributed by atoms with E-state index >= 15 is 0 Å². The van der Waals surface area contributed by atoms with Crippen LogP contribution in [0.5, 0.6) is 17.2 Å². The average Bonchev–Trinajstić information content (AvgIpc) is 3.28. The number of ketones is 1. The molecule has 4 aromatic rings. The molecule has 33 heavy (non-hydrogen) atoms. The lowest BCUT2D eigenvalue weighted by molar-refractivity contribution is 0.103. The van der Waals surface area contributed by atoms with Gasteiger partial charge in [0.05, 0.1) is 21.3 Å². The van der Waals surface area contributed by atoms with Crippen LogP contribution in [0.15, 0.2) is 73.1 Å². The number of carbonyl (C=O) groups excluding carboxylic acids is 1. The summed E-state index contributed by atoms with van der Waals surface area (Å²) in [5.41, 5.74) is 9.54. The van der Waals surface area contributed by atoms with Crippen LogP contribution in [-0.4, -0.2) is 31.7 Å². The van der Waals surface area contributed by atoms with Gasteiger partial charge in [-0.2, -0.15) is 0 Å². The summed E-state index contributed by atoms with van der Waals surface area (Å²) < 4.78 is 31.4. The van der Waals surface area contributed by atoms with Crippen molar-refractivity contribution in [3.8, 4) is 34.1 Å². The van der Waals surface area contributed by atoms with Gasteiger partial charge >= 0.3 is 0 Å². The third-order valence-corrected chi connectivity index (χ3v) is 5.34. The summed E-state index contributed by atoms with van der Waals surface area (Å²) in [4.78, 5) is 13.7. The Hall–Kier alpha value is -4.26. The second-order valence-electron chi connectivity index (χ2n) is 7.33. The van der Waals surface area contributed by atoms with Gasteiger partial charge in [-0.25, -0.2) is 4.39 Å². The molecule has 0 aliphatic heterocycles. The van der Waals surface area contributed by atoms with Gasteiger partial charge < -0.3 is 24.5 Å². The number of anilines is 1. The standard InChI is InChI=1S/C26H23FN2O4/c1-31-23-12-17(13-24(32-2)26(23)33-3)25(30)22-15-29(20-10-6-18(27)7-11-20)14-21(22)16-4-8-19(28)9-5-16/h4-15H,28H2,1-3H3. The van der Waals surface area contributed by atoms with Crippen LogP contribution < -0.4 is 19.9 Å². The van der Waals surface area contributed by atoms with Crippen molar-refractivity contribution in [2.24, 2.45) is 0 Å². The predicted molar refractivity (Wildman–Crippen MR) is 125 cm³/mol. The van der Waals surface area contributed by atoms with Crippen LogP contribution in [0, 0.1) is 5.82 Å². The molecule has 7 heteroatoms. The Morgan fingerprint density at radius 1 is 0.848 bits per heavy atom. The number of methoxy groups -OCH3 is 3. The summed E-state index contributed by atoms with van der Waals surface area (Å²) in [6, 6.07) is 16.5. The van der Waals surface area contributed by atoms with E-state index in [1.54, 1.807) is 47.2 Å². The normalized spacial score (nSPS) is 10.7. The Labute approximate surface area is 190 Å². The topological polar surface area (TPSA) is 75.7 Å². The van der Waals surface area contributed by atoms with Gasteiger partial charge in [-0.3, -0.25) is 4.79 Å². The Morgan fingerprint density at radius 3 is 2.00 bits per heavy atom. The minimum Gasteiger partial charge on any atom is -0.493 e. The lowest BCUT2D eigenvalue weighted by atomic mass is 9.97. The molecule has 0 saturated carbocycles. The molecule has 0 atom stereocenters. The van der Waals surface area contributed by atoms with E-state index in [2.05, 4.69) is 0 Å². The molecule has 3 aromatic carbocycles. The summed E-state index contributed by atoms with van der Waals surface area (Å²) >= 11 is 0. The van der Waals surface area contributed by atoms with Crippen molar-refractivity contribution in [3.05, 3.63) is 90.0 Å². The first-order chi connectivity index (χ1) is 15.9. The summed E-state index contributed by atoms with van der Waals surface area (Å²) in [6.07, 6.45) is 3.56. The van der Waals surface area contributed by atoms with Crippen molar-refractivity contribution in [1.29, 1.82) is 0 Å². The van der Waals surface area contributed by atoms with Gasteiger partial charge in [-0.1, -0.05) is 12.1 Å². The van der Waals surface area contributed by atoms with E-state index < -0.39 is 0 Å². The third kappa shape index (κ3) is 4.25. The maximum atomic E-state index is 13.7. The molecule has 168 valence electrons. The smallest absolute Gasteiger partial charge is 0.203 e. The van der Waals surface area contributed by atoms with E-state index in [9.17, 15) is 9.18 Å². The molecule has 2 N–H and O–H groups in total. The first-order valence-corrected chi connectivity index (χ1v) is 10.1. The molecular formula is C26H23FN2O4.